The van der Waals surface area contributed by atoms with Crippen LogP contribution in [-0.4, -0.2) is 64.7 Å². The molecule has 23 heavy (non-hydrogen) atoms. The van der Waals surface area contributed by atoms with E-state index >= 15 is 0 Å². The van der Waals surface area contributed by atoms with Gasteiger partial charge in [0.2, 0.25) is 0 Å². The lowest BCUT2D eigenvalue weighted by Gasteiger charge is -2.12. The number of guanidine groups is 1. The third-order valence-corrected chi connectivity index (χ3v) is 3.64. The molecule has 1 saturated heterocycles. The molecule has 0 aromatic carbocycles. The average Bonchev–Trinajstić information content (AvgIpc) is 3.06. The summed E-state index contributed by atoms with van der Waals surface area (Å²) in [6.07, 6.45) is 6.06. The molecule has 0 saturated carbocycles. The Hall–Kier alpha value is -0.850. The van der Waals surface area contributed by atoms with Crippen molar-refractivity contribution in [3.05, 3.63) is 0 Å². The summed E-state index contributed by atoms with van der Waals surface area (Å²) in [6.45, 7) is 10.4. The third-order valence-electron chi connectivity index (χ3n) is 3.64. The van der Waals surface area contributed by atoms with Gasteiger partial charge in [0.1, 0.15) is 0 Å². The Bertz CT molecular complexity index is 295. The summed E-state index contributed by atoms with van der Waals surface area (Å²) in [4.78, 5) is 4.58. The Kier molecular flexibility index (Phi) is 12.9. The van der Waals surface area contributed by atoms with Crippen LogP contribution in [0.4, 0.5) is 0 Å². The predicted octanol–water partition coefficient (Wildman–Crippen LogP) is 1.94. The van der Waals surface area contributed by atoms with Gasteiger partial charge in [-0.25, -0.2) is 0 Å². The predicted molar refractivity (Wildman–Crippen MR) is 94.1 cm³/mol. The molecule has 6 nitrogen and oxygen atoms in total. The first-order valence-corrected chi connectivity index (χ1v) is 9.16. The second-order valence-electron chi connectivity index (χ2n) is 5.69. The van der Waals surface area contributed by atoms with Gasteiger partial charge in [0, 0.05) is 32.8 Å². The van der Waals surface area contributed by atoms with E-state index in [1.807, 2.05) is 0 Å². The Morgan fingerprint density at radius 1 is 1.13 bits per heavy atom. The maximum Gasteiger partial charge on any atom is 0.191 e. The van der Waals surface area contributed by atoms with E-state index < -0.39 is 0 Å². The number of hydrogen-bond donors (Lipinski definition) is 2. The molecular weight excluding hydrogens is 294 g/mol. The first kappa shape index (κ1) is 20.2. The van der Waals surface area contributed by atoms with E-state index in [1.165, 1.54) is 19.3 Å². The third kappa shape index (κ3) is 11.3. The van der Waals surface area contributed by atoms with E-state index in [-0.39, 0.29) is 0 Å². The zero-order valence-electron chi connectivity index (χ0n) is 14.9. The minimum Gasteiger partial charge on any atom is -0.379 e. The van der Waals surface area contributed by atoms with E-state index in [0.29, 0.717) is 25.9 Å². The molecule has 1 aliphatic heterocycles. The number of ether oxygens (including phenoxy) is 3. The van der Waals surface area contributed by atoms with Crippen LogP contribution >= 0.6 is 0 Å². The molecule has 1 rings (SSSR count). The monoisotopic (exact) mass is 329 g/mol. The van der Waals surface area contributed by atoms with Crippen molar-refractivity contribution >= 4 is 5.96 Å². The molecule has 0 bridgehead atoms. The van der Waals surface area contributed by atoms with E-state index in [0.717, 1.165) is 51.6 Å². The molecular formula is C17H35N3O3. The summed E-state index contributed by atoms with van der Waals surface area (Å²) < 4.78 is 16.6. The summed E-state index contributed by atoms with van der Waals surface area (Å²) in [5.74, 6) is 0.855. The zero-order valence-corrected chi connectivity index (χ0v) is 14.9. The lowest BCUT2D eigenvalue weighted by atomic mass is 10.2. The smallest absolute Gasteiger partial charge is 0.191 e. The Balaban J connectivity index is 2.00. The standard InChI is InChI=1S/C17H35N3O3/c1-3-5-11-21-14-15-22-13-10-20-17(18-4-2)19-9-8-16-7-6-12-23-16/h16H,3-15H2,1-2H3,(H2,18,19,20). The van der Waals surface area contributed by atoms with Gasteiger partial charge in [0.05, 0.1) is 25.9 Å². The van der Waals surface area contributed by atoms with Crippen molar-refractivity contribution in [2.45, 2.75) is 52.1 Å². The van der Waals surface area contributed by atoms with Crippen LogP contribution in [0, 0.1) is 0 Å². The lowest BCUT2D eigenvalue weighted by molar-refractivity contribution is 0.0487. The molecule has 0 amide bonds. The van der Waals surface area contributed by atoms with Gasteiger partial charge in [-0.3, -0.25) is 4.99 Å². The van der Waals surface area contributed by atoms with E-state index in [4.69, 9.17) is 14.2 Å². The summed E-state index contributed by atoms with van der Waals surface area (Å²) >= 11 is 0. The highest BCUT2D eigenvalue weighted by Crippen LogP contribution is 2.14. The van der Waals surface area contributed by atoms with E-state index in [9.17, 15) is 0 Å². The van der Waals surface area contributed by atoms with Crippen LogP contribution < -0.4 is 10.6 Å². The second-order valence-corrected chi connectivity index (χ2v) is 5.69. The van der Waals surface area contributed by atoms with Crippen molar-refractivity contribution in [3.63, 3.8) is 0 Å². The Labute approximate surface area is 141 Å². The quantitative estimate of drug-likeness (QED) is 0.307. The summed E-state index contributed by atoms with van der Waals surface area (Å²) in [5.41, 5.74) is 0. The number of hydrogen-bond acceptors (Lipinski definition) is 4. The topological polar surface area (TPSA) is 64.1 Å². The van der Waals surface area contributed by atoms with Crippen molar-refractivity contribution in [2.24, 2.45) is 4.99 Å². The number of unbranched alkanes of at least 4 members (excludes halogenated alkanes) is 1. The van der Waals surface area contributed by atoms with Crippen LogP contribution in [0.2, 0.25) is 0 Å². The van der Waals surface area contributed by atoms with Crippen molar-refractivity contribution in [1.82, 2.24) is 10.6 Å². The summed E-state index contributed by atoms with van der Waals surface area (Å²) in [6, 6.07) is 0. The van der Waals surface area contributed by atoms with Gasteiger partial charge in [-0.1, -0.05) is 13.3 Å². The van der Waals surface area contributed by atoms with Crippen molar-refractivity contribution in [1.29, 1.82) is 0 Å². The van der Waals surface area contributed by atoms with Crippen molar-refractivity contribution in [2.75, 3.05) is 52.7 Å². The molecule has 2 N–H and O–H groups in total. The van der Waals surface area contributed by atoms with Crippen LogP contribution in [0.1, 0.15) is 46.0 Å². The van der Waals surface area contributed by atoms with Gasteiger partial charge in [0.25, 0.3) is 0 Å². The highest BCUT2D eigenvalue weighted by molar-refractivity contribution is 5.79. The normalized spacial score (nSPS) is 18.3. The van der Waals surface area contributed by atoms with Gasteiger partial charge < -0.3 is 24.8 Å². The molecule has 0 spiro atoms. The molecule has 0 radical (unpaired) electrons. The largest absolute Gasteiger partial charge is 0.379 e. The van der Waals surface area contributed by atoms with Crippen LogP contribution in [0.25, 0.3) is 0 Å². The maximum absolute atomic E-state index is 5.61. The molecule has 6 heteroatoms. The summed E-state index contributed by atoms with van der Waals surface area (Å²) in [5, 5.41) is 6.54. The van der Waals surface area contributed by atoms with Gasteiger partial charge in [-0.05, 0) is 32.6 Å². The average molecular weight is 329 g/mol. The molecule has 0 aromatic heterocycles. The molecule has 0 aromatic rings. The van der Waals surface area contributed by atoms with Crippen LogP contribution in [0.5, 0.6) is 0 Å². The van der Waals surface area contributed by atoms with Gasteiger partial charge in [-0.2, -0.15) is 0 Å². The Morgan fingerprint density at radius 3 is 2.65 bits per heavy atom. The number of rotatable bonds is 13. The molecule has 1 atom stereocenters. The van der Waals surface area contributed by atoms with Crippen molar-refractivity contribution in [3.8, 4) is 0 Å². The molecule has 1 heterocycles. The molecule has 1 fully saturated rings. The molecule has 136 valence electrons. The SMILES string of the molecule is CCCCOCCOCCNC(=NCCC1CCCO1)NCC. The first-order chi connectivity index (χ1) is 11.4. The van der Waals surface area contributed by atoms with Crippen molar-refractivity contribution < 1.29 is 14.2 Å². The molecule has 1 aliphatic rings. The highest BCUT2D eigenvalue weighted by atomic mass is 16.5. The number of nitrogens with zero attached hydrogens (tertiary/aromatic N) is 1. The number of aliphatic imine (C=N–C) groups is 1. The van der Waals surface area contributed by atoms with Gasteiger partial charge in [0.15, 0.2) is 5.96 Å². The fraction of sp³-hybridized carbons (Fsp3) is 0.941. The fourth-order valence-corrected chi connectivity index (χ4v) is 2.34. The van der Waals surface area contributed by atoms with Gasteiger partial charge in [-0.15, -0.1) is 0 Å². The van der Waals surface area contributed by atoms with Crippen LogP contribution in [0.3, 0.4) is 0 Å². The minimum absolute atomic E-state index is 0.401. The van der Waals surface area contributed by atoms with E-state index in [2.05, 4.69) is 29.5 Å². The van der Waals surface area contributed by atoms with Crippen LogP contribution in [-0.2, 0) is 14.2 Å². The fourth-order valence-electron chi connectivity index (χ4n) is 2.34. The second kappa shape index (κ2) is 14.7. The molecule has 0 aliphatic carbocycles. The maximum atomic E-state index is 5.61. The Morgan fingerprint density at radius 2 is 1.96 bits per heavy atom. The first-order valence-electron chi connectivity index (χ1n) is 9.16. The number of nitrogens with one attached hydrogen (secondary N) is 2. The lowest BCUT2D eigenvalue weighted by Crippen LogP contribution is -2.39. The summed E-state index contributed by atoms with van der Waals surface area (Å²) in [7, 11) is 0. The van der Waals surface area contributed by atoms with E-state index in [1.54, 1.807) is 0 Å². The van der Waals surface area contributed by atoms with Gasteiger partial charge >= 0.3 is 0 Å². The highest BCUT2D eigenvalue weighted by Gasteiger charge is 2.14. The van der Waals surface area contributed by atoms with Crippen LogP contribution in [0.15, 0.2) is 4.99 Å². The minimum atomic E-state index is 0.401. The zero-order chi connectivity index (χ0) is 16.6. The molecule has 1 unspecified atom stereocenters.